The van der Waals surface area contributed by atoms with Gasteiger partial charge in [-0.15, -0.1) is 0 Å². The minimum atomic E-state index is -2.69. The molecule has 3 N–H and O–H groups in total. The van der Waals surface area contributed by atoms with E-state index in [2.05, 4.69) is 15.9 Å². The second-order valence-electron chi connectivity index (χ2n) is 3.35. The van der Waals surface area contributed by atoms with E-state index in [1.54, 1.807) is 6.92 Å². The lowest BCUT2D eigenvalue weighted by molar-refractivity contribution is -0.126. The Morgan fingerprint density at radius 1 is 1.50 bits per heavy atom. The second kappa shape index (κ2) is 4.88. The van der Waals surface area contributed by atoms with Crippen molar-refractivity contribution in [2.45, 2.75) is 19.5 Å². The van der Waals surface area contributed by atoms with Gasteiger partial charge in [-0.05, 0) is 24.1 Å². The lowest BCUT2D eigenvalue weighted by Crippen LogP contribution is -2.21. The van der Waals surface area contributed by atoms with E-state index in [1.165, 1.54) is 6.07 Å². The van der Waals surface area contributed by atoms with Crippen LogP contribution in [0.5, 0.6) is 0 Å². The lowest BCUT2D eigenvalue weighted by atomic mass is 10.0. The Bertz CT molecular complexity index is 424. The standard InChI is InChI=1S/C10H10BrF2NO2/c1-4-2-5(8(15)10(14)16)3-6(7(4)11)9(12)13/h2-3,8-9,15H,1H3,(H2,14,16). The Balaban J connectivity index is 3.29. The van der Waals surface area contributed by atoms with Crippen LogP contribution in [0.25, 0.3) is 0 Å². The van der Waals surface area contributed by atoms with E-state index < -0.39 is 18.4 Å². The molecule has 88 valence electrons. The van der Waals surface area contributed by atoms with Crippen LogP contribution in [0, 0.1) is 6.92 Å². The number of aliphatic hydroxyl groups excluding tert-OH is 1. The summed E-state index contributed by atoms with van der Waals surface area (Å²) in [5.41, 5.74) is 5.21. The summed E-state index contributed by atoms with van der Waals surface area (Å²) >= 11 is 3.02. The highest BCUT2D eigenvalue weighted by Gasteiger charge is 2.20. The van der Waals surface area contributed by atoms with Crippen LogP contribution in [0.2, 0.25) is 0 Å². The average molecular weight is 294 g/mol. The van der Waals surface area contributed by atoms with Crippen molar-refractivity contribution in [3.05, 3.63) is 33.3 Å². The van der Waals surface area contributed by atoms with Crippen LogP contribution in [0.3, 0.4) is 0 Å². The van der Waals surface area contributed by atoms with Gasteiger partial charge < -0.3 is 10.8 Å². The molecule has 1 unspecified atom stereocenters. The number of rotatable bonds is 3. The summed E-state index contributed by atoms with van der Waals surface area (Å²) in [6.07, 6.45) is -4.25. The van der Waals surface area contributed by atoms with Crippen molar-refractivity contribution in [3.63, 3.8) is 0 Å². The molecule has 0 aliphatic heterocycles. The number of primary amides is 1. The van der Waals surface area contributed by atoms with Gasteiger partial charge in [-0.1, -0.05) is 22.0 Å². The topological polar surface area (TPSA) is 63.3 Å². The SMILES string of the molecule is Cc1cc(C(O)C(N)=O)cc(C(F)F)c1Br. The molecule has 0 saturated heterocycles. The fourth-order valence-corrected chi connectivity index (χ4v) is 1.71. The normalized spacial score (nSPS) is 12.9. The predicted molar refractivity (Wildman–Crippen MR) is 58.0 cm³/mol. The van der Waals surface area contributed by atoms with Crippen molar-refractivity contribution >= 4 is 21.8 Å². The Labute approximate surface area is 99.4 Å². The van der Waals surface area contributed by atoms with Gasteiger partial charge in [-0.25, -0.2) is 8.78 Å². The van der Waals surface area contributed by atoms with Gasteiger partial charge in [-0.2, -0.15) is 0 Å². The van der Waals surface area contributed by atoms with E-state index in [-0.39, 0.29) is 15.6 Å². The summed E-state index contributed by atoms with van der Waals surface area (Å²) in [6, 6.07) is 2.50. The lowest BCUT2D eigenvalue weighted by Gasteiger charge is -2.12. The fraction of sp³-hybridized carbons (Fsp3) is 0.300. The van der Waals surface area contributed by atoms with Gasteiger partial charge in [0.05, 0.1) is 0 Å². The average Bonchev–Trinajstić information content (AvgIpc) is 2.20. The van der Waals surface area contributed by atoms with Crippen molar-refractivity contribution in [1.29, 1.82) is 0 Å². The molecule has 6 heteroatoms. The first-order chi connectivity index (χ1) is 7.34. The molecule has 1 aromatic rings. The van der Waals surface area contributed by atoms with E-state index in [0.717, 1.165) is 6.07 Å². The molecule has 16 heavy (non-hydrogen) atoms. The highest BCUT2D eigenvalue weighted by molar-refractivity contribution is 9.10. The number of carbonyl (C=O) groups is 1. The van der Waals surface area contributed by atoms with E-state index in [0.29, 0.717) is 5.56 Å². The maximum Gasteiger partial charge on any atom is 0.264 e. The van der Waals surface area contributed by atoms with E-state index in [9.17, 15) is 18.7 Å². The van der Waals surface area contributed by atoms with Crippen molar-refractivity contribution in [1.82, 2.24) is 0 Å². The summed E-state index contributed by atoms with van der Waals surface area (Å²) in [5.74, 6) is -0.970. The Morgan fingerprint density at radius 3 is 2.50 bits per heavy atom. The van der Waals surface area contributed by atoms with Gasteiger partial charge in [0.1, 0.15) is 0 Å². The van der Waals surface area contributed by atoms with Crippen molar-refractivity contribution in [2.75, 3.05) is 0 Å². The predicted octanol–water partition coefficient (Wildman–Crippen LogP) is 2.21. The molecule has 0 aliphatic rings. The molecular weight excluding hydrogens is 284 g/mol. The molecule has 1 atom stereocenters. The summed E-state index contributed by atoms with van der Waals surface area (Å²) < 4.78 is 25.5. The minimum absolute atomic E-state index is 0.0727. The largest absolute Gasteiger partial charge is 0.378 e. The number of hydrogen-bond acceptors (Lipinski definition) is 2. The van der Waals surface area contributed by atoms with Crippen LogP contribution in [-0.4, -0.2) is 11.0 Å². The number of benzene rings is 1. The van der Waals surface area contributed by atoms with Crippen LogP contribution in [0.1, 0.15) is 29.2 Å². The van der Waals surface area contributed by atoms with Crippen LogP contribution >= 0.6 is 15.9 Å². The van der Waals surface area contributed by atoms with Gasteiger partial charge in [0.25, 0.3) is 12.3 Å². The molecule has 0 radical (unpaired) electrons. The molecule has 1 aromatic carbocycles. The van der Waals surface area contributed by atoms with Crippen LogP contribution in [-0.2, 0) is 4.79 Å². The van der Waals surface area contributed by atoms with Gasteiger partial charge in [0.15, 0.2) is 6.10 Å². The zero-order valence-electron chi connectivity index (χ0n) is 8.38. The van der Waals surface area contributed by atoms with Gasteiger partial charge in [0, 0.05) is 10.0 Å². The van der Waals surface area contributed by atoms with Crippen molar-refractivity contribution < 1.29 is 18.7 Å². The number of hydrogen-bond donors (Lipinski definition) is 2. The third kappa shape index (κ3) is 2.56. The molecule has 0 aromatic heterocycles. The molecule has 1 amide bonds. The fourth-order valence-electron chi connectivity index (χ4n) is 1.31. The van der Waals surface area contributed by atoms with E-state index in [4.69, 9.17) is 5.73 Å². The van der Waals surface area contributed by atoms with Crippen LogP contribution < -0.4 is 5.73 Å². The number of alkyl halides is 2. The molecule has 0 bridgehead atoms. The highest BCUT2D eigenvalue weighted by Crippen LogP contribution is 2.32. The highest BCUT2D eigenvalue weighted by atomic mass is 79.9. The van der Waals surface area contributed by atoms with Crippen LogP contribution in [0.15, 0.2) is 16.6 Å². The first kappa shape index (κ1) is 13.1. The number of nitrogens with two attached hydrogens (primary N) is 1. The number of aryl methyl sites for hydroxylation is 1. The zero-order valence-corrected chi connectivity index (χ0v) is 9.96. The quantitative estimate of drug-likeness (QED) is 0.897. The first-order valence-electron chi connectivity index (χ1n) is 4.40. The molecule has 0 aliphatic carbocycles. The molecular formula is C10H10BrF2NO2. The maximum atomic E-state index is 12.6. The Kier molecular flexibility index (Phi) is 3.98. The van der Waals surface area contributed by atoms with Gasteiger partial charge in [0.2, 0.25) is 0 Å². The van der Waals surface area contributed by atoms with E-state index >= 15 is 0 Å². The second-order valence-corrected chi connectivity index (χ2v) is 4.14. The maximum absolute atomic E-state index is 12.6. The molecule has 0 heterocycles. The molecule has 0 saturated carbocycles. The van der Waals surface area contributed by atoms with Crippen molar-refractivity contribution in [2.24, 2.45) is 5.73 Å². The van der Waals surface area contributed by atoms with Crippen molar-refractivity contribution in [3.8, 4) is 0 Å². The number of aliphatic hydroxyl groups is 1. The van der Waals surface area contributed by atoms with Crippen LogP contribution in [0.4, 0.5) is 8.78 Å². The van der Waals surface area contributed by atoms with Gasteiger partial charge >= 0.3 is 0 Å². The molecule has 0 spiro atoms. The van der Waals surface area contributed by atoms with E-state index in [1.807, 2.05) is 0 Å². The van der Waals surface area contributed by atoms with Gasteiger partial charge in [-0.3, -0.25) is 4.79 Å². The summed E-state index contributed by atoms with van der Waals surface area (Å²) in [6.45, 7) is 1.59. The summed E-state index contributed by atoms with van der Waals surface area (Å²) in [5, 5.41) is 9.38. The molecule has 3 nitrogen and oxygen atoms in total. The smallest absolute Gasteiger partial charge is 0.264 e. The first-order valence-corrected chi connectivity index (χ1v) is 5.19. The third-order valence-electron chi connectivity index (χ3n) is 2.13. The Morgan fingerprint density at radius 2 is 2.06 bits per heavy atom. The Hall–Kier alpha value is -1.01. The number of halogens is 3. The third-order valence-corrected chi connectivity index (χ3v) is 3.21. The zero-order chi connectivity index (χ0) is 12.5. The molecule has 1 rings (SSSR count). The summed E-state index contributed by atoms with van der Waals surface area (Å²) in [7, 11) is 0. The monoisotopic (exact) mass is 293 g/mol. The molecule has 0 fully saturated rings. The summed E-state index contributed by atoms with van der Waals surface area (Å²) in [4.78, 5) is 10.8. The minimum Gasteiger partial charge on any atom is -0.378 e. The number of amides is 1. The number of carbonyl (C=O) groups excluding carboxylic acids is 1.